The van der Waals surface area contributed by atoms with Crippen LogP contribution in [0.3, 0.4) is 0 Å². The van der Waals surface area contributed by atoms with E-state index in [4.69, 9.17) is 4.74 Å². The maximum atomic E-state index is 11.4. The van der Waals surface area contributed by atoms with Crippen LogP contribution in [0, 0.1) is 10.6 Å². The minimum atomic E-state index is -0.455. The summed E-state index contributed by atoms with van der Waals surface area (Å²) < 4.78 is 8.24. The summed E-state index contributed by atoms with van der Waals surface area (Å²) >= 11 is 2.22. The van der Waals surface area contributed by atoms with Gasteiger partial charge in [-0.25, -0.2) is 9.78 Å². The third-order valence-corrected chi connectivity index (χ3v) is 2.87. The van der Waals surface area contributed by atoms with Crippen molar-refractivity contribution >= 4 is 28.7 Å². The van der Waals surface area contributed by atoms with Crippen molar-refractivity contribution in [1.82, 2.24) is 14.9 Å². The fraction of sp³-hybridized carbons (Fsp3) is 0.636. The first kappa shape index (κ1) is 14.3. The Balaban J connectivity index is 2.36. The number of hydrogen-bond acceptors (Lipinski definition) is 3. The van der Waals surface area contributed by atoms with Gasteiger partial charge in [0.05, 0.1) is 9.90 Å². The van der Waals surface area contributed by atoms with E-state index >= 15 is 0 Å². The molecule has 0 aromatic carbocycles. The van der Waals surface area contributed by atoms with Crippen LogP contribution in [0.2, 0.25) is 0 Å². The molecule has 1 aromatic heterocycles. The summed E-state index contributed by atoms with van der Waals surface area (Å²) in [5.74, 6) is 0.945. The van der Waals surface area contributed by atoms with Gasteiger partial charge in [-0.2, -0.15) is 0 Å². The highest BCUT2D eigenvalue weighted by Gasteiger charge is 2.15. The minimum Gasteiger partial charge on any atom is -0.444 e. The molecule has 1 heterocycles. The lowest BCUT2D eigenvalue weighted by Gasteiger charge is -2.19. The number of hydrogen-bond donors (Lipinski definition) is 1. The molecule has 0 aliphatic rings. The fourth-order valence-electron chi connectivity index (χ4n) is 1.29. The molecule has 1 rings (SSSR count). The lowest BCUT2D eigenvalue weighted by Crippen LogP contribution is -2.34. The number of carbonyl (C=O) groups excluding carboxylic acids is 1. The molecule has 0 fully saturated rings. The van der Waals surface area contributed by atoms with Gasteiger partial charge in [0, 0.05) is 13.1 Å². The van der Waals surface area contributed by atoms with Crippen LogP contribution in [0.1, 0.15) is 26.6 Å². The average molecular weight is 351 g/mol. The smallest absolute Gasteiger partial charge is 0.407 e. The number of rotatable bonds is 3. The molecule has 17 heavy (non-hydrogen) atoms. The second-order valence-electron chi connectivity index (χ2n) is 4.71. The van der Waals surface area contributed by atoms with Crippen molar-refractivity contribution in [2.45, 2.75) is 39.8 Å². The van der Waals surface area contributed by atoms with Gasteiger partial charge in [-0.1, -0.05) is 0 Å². The van der Waals surface area contributed by atoms with Crippen LogP contribution in [0.4, 0.5) is 4.79 Å². The van der Waals surface area contributed by atoms with E-state index in [2.05, 4.69) is 32.9 Å². The second-order valence-corrected chi connectivity index (χ2v) is 5.81. The predicted octanol–water partition coefficient (Wildman–Crippen LogP) is 2.32. The van der Waals surface area contributed by atoms with Crippen molar-refractivity contribution in [3.8, 4) is 0 Å². The first-order valence-electron chi connectivity index (χ1n) is 5.44. The van der Waals surface area contributed by atoms with E-state index in [1.54, 1.807) is 0 Å². The van der Waals surface area contributed by atoms with Crippen LogP contribution in [0.15, 0.2) is 6.20 Å². The average Bonchev–Trinajstić information content (AvgIpc) is 2.46. The number of nitrogens with zero attached hydrogens (tertiary/aromatic N) is 2. The number of aromatic nitrogens is 2. The number of alkyl carbamates (subject to hydrolysis) is 1. The highest BCUT2D eigenvalue weighted by atomic mass is 127. The van der Waals surface area contributed by atoms with Gasteiger partial charge in [0.2, 0.25) is 0 Å². The molecule has 96 valence electrons. The topological polar surface area (TPSA) is 56.2 Å². The Kier molecular flexibility index (Phi) is 4.79. The van der Waals surface area contributed by atoms with Crippen molar-refractivity contribution in [2.75, 3.05) is 6.54 Å². The quantitative estimate of drug-likeness (QED) is 0.851. The normalized spacial score (nSPS) is 11.4. The Hall–Kier alpha value is -0.790. The zero-order valence-electron chi connectivity index (χ0n) is 10.6. The van der Waals surface area contributed by atoms with Crippen LogP contribution in [-0.2, 0) is 11.3 Å². The van der Waals surface area contributed by atoms with Gasteiger partial charge in [-0.3, -0.25) is 0 Å². The first-order chi connectivity index (χ1) is 7.79. The summed E-state index contributed by atoms with van der Waals surface area (Å²) in [5.41, 5.74) is -0.455. The standard InChI is InChI=1S/C11H18IN3O2/c1-8-14-7-9(12)15(8)6-5-13-10(16)17-11(2,3)4/h7H,5-6H2,1-4H3,(H,13,16). The van der Waals surface area contributed by atoms with Gasteiger partial charge in [-0.15, -0.1) is 0 Å². The molecule has 1 N–H and O–H groups in total. The van der Waals surface area contributed by atoms with E-state index in [0.717, 1.165) is 9.53 Å². The third-order valence-electron chi connectivity index (χ3n) is 2.01. The molecule has 6 heteroatoms. The highest BCUT2D eigenvalue weighted by Crippen LogP contribution is 2.08. The Morgan fingerprint density at radius 2 is 2.24 bits per heavy atom. The van der Waals surface area contributed by atoms with E-state index in [0.29, 0.717) is 13.1 Å². The maximum absolute atomic E-state index is 11.4. The Labute approximate surface area is 115 Å². The fourth-order valence-corrected chi connectivity index (χ4v) is 2.02. The Morgan fingerprint density at radius 1 is 1.59 bits per heavy atom. The summed E-state index contributed by atoms with van der Waals surface area (Å²) in [6.07, 6.45) is 1.42. The SMILES string of the molecule is Cc1ncc(I)n1CCNC(=O)OC(C)(C)C. The van der Waals surface area contributed by atoms with E-state index in [1.807, 2.05) is 38.5 Å². The minimum absolute atomic E-state index is 0.384. The van der Waals surface area contributed by atoms with Crippen molar-refractivity contribution < 1.29 is 9.53 Å². The summed E-state index contributed by atoms with van der Waals surface area (Å²) in [6, 6.07) is 0. The monoisotopic (exact) mass is 351 g/mol. The molecule has 5 nitrogen and oxygen atoms in total. The molecule has 0 unspecified atom stereocenters. The predicted molar refractivity (Wildman–Crippen MR) is 73.9 cm³/mol. The molecule has 0 bridgehead atoms. The van der Waals surface area contributed by atoms with Crippen LogP contribution in [0.25, 0.3) is 0 Å². The number of carbonyl (C=O) groups is 1. The van der Waals surface area contributed by atoms with E-state index in [1.165, 1.54) is 0 Å². The summed E-state index contributed by atoms with van der Waals surface area (Å²) in [6.45, 7) is 8.70. The van der Waals surface area contributed by atoms with E-state index in [-0.39, 0.29) is 6.09 Å². The van der Waals surface area contributed by atoms with E-state index in [9.17, 15) is 4.79 Å². The molecule has 0 aliphatic heterocycles. The lowest BCUT2D eigenvalue weighted by atomic mass is 10.2. The molecule has 0 atom stereocenters. The van der Waals surface area contributed by atoms with Crippen LogP contribution >= 0.6 is 22.6 Å². The van der Waals surface area contributed by atoms with Crippen molar-refractivity contribution in [1.29, 1.82) is 0 Å². The Bertz CT molecular complexity index is 376. The molecule has 0 aliphatic carbocycles. The van der Waals surface area contributed by atoms with Gasteiger partial charge >= 0.3 is 6.09 Å². The van der Waals surface area contributed by atoms with Crippen molar-refractivity contribution in [3.63, 3.8) is 0 Å². The molecule has 1 amide bonds. The molecular formula is C11H18IN3O2. The molecule has 0 spiro atoms. The molecular weight excluding hydrogens is 333 g/mol. The zero-order chi connectivity index (χ0) is 13.1. The summed E-state index contributed by atoms with van der Waals surface area (Å²) in [7, 11) is 0. The Morgan fingerprint density at radius 3 is 2.71 bits per heavy atom. The number of halogens is 1. The third kappa shape index (κ3) is 4.93. The van der Waals surface area contributed by atoms with Crippen LogP contribution in [-0.4, -0.2) is 27.8 Å². The number of nitrogens with one attached hydrogen (secondary N) is 1. The van der Waals surface area contributed by atoms with Crippen LogP contribution < -0.4 is 5.32 Å². The molecule has 0 saturated carbocycles. The second kappa shape index (κ2) is 5.70. The lowest BCUT2D eigenvalue weighted by molar-refractivity contribution is 0.0526. The maximum Gasteiger partial charge on any atom is 0.407 e. The van der Waals surface area contributed by atoms with Crippen molar-refractivity contribution in [3.05, 3.63) is 15.7 Å². The molecule has 0 radical (unpaired) electrons. The highest BCUT2D eigenvalue weighted by molar-refractivity contribution is 14.1. The van der Waals surface area contributed by atoms with Gasteiger partial charge < -0.3 is 14.6 Å². The zero-order valence-corrected chi connectivity index (χ0v) is 12.7. The van der Waals surface area contributed by atoms with Crippen molar-refractivity contribution in [2.24, 2.45) is 0 Å². The number of imidazole rings is 1. The number of amides is 1. The van der Waals surface area contributed by atoms with Gasteiger partial charge in [-0.05, 0) is 50.3 Å². The molecule has 0 saturated heterocycles. The summed E-state index contributed by atoms with van der Waals surface area (Å²) in [4.78, 5) is 15.6. The molecule has 1 aromatic rings. The van der Waals surface area contributed by atoms with Crippen LogP contribution in [0.5, 0.6) is 0 Å². The van der Waals surface area contributed by atoms with Gasteiger partial charge in [0.15, 0.2) is 0 Å². The van der Waals surface area contributed by atoms with Gasteiger partial charge in [0.25, 0.3) is 0 Å². The van der Waals surface area contributed by atoms with E-state index < -0.39 is 5.60 Å². The number of aryl methyl sites for hydroxylation is 1. The largest absolute Gasteiger partial charge is 0.444 e. The van der Waals surface area contributed by atoms with Gasteiger partial charge in [0.1, 0.15) is 11.4 Å². The summed E-state index contributed by atoms with van der Waals surface area (Å²) in [5, 5.41) is 2.72. The number of ether oxygens (including phenoxy) is 1. The first-order valence-corrected chi connectivity index (χ1v) is 6.52.